The number of amides is 2. The minimum absolute atomic E-state index is 0.00320. The van der Waals surface area contributed by atoms with E-state index < -0.39 is 11.7 Å². The molecule has 31 heavy (non-hydrogen) atoms. The van der Waals surface area contributed by atoms with Gasteiger partial charge in [0.15, 0.2) is 0 Å². The number of hydrogen-bond donors (Lipinski definition) is 2. The maximum atomic E-state index is 13.4. The standard InChI is InChI=1S/C24H27ClFN3O2/c25-20-11-10-19(28-23(30)16-4-3-5-18(26)12-16)13-17(20)14-29(24(31)15-8-9-15)22-7-2-1-6-21(22)27/h3-5,10-13,15,21-22H,1-2,6-9,14,27H2,(H,28,30). The quantitative estimate of drug-likeness (QED) is 0.677. The molecular weight excluding hydrogens is 417 g/mol. The van der Waals surface area contributed by atoms with Gasteiger partial charge in [-0.25, -0.2) is 4.39 Å². The molecule has 0 radical (unpaired) electrons. The Morgan fingerprint density at radius 1 is 1.10 bits per heavy atom. The highest BCUT2D eigenvalue weighted by Crippen LogP contribution is 2.35. The van der Waals surface area contributed by atoms with Gasteiger partial charge in [-0.2, -0.15) is 0 Å². The van der Waals surface area contributed by atoms with E-state index in [1.165, 1.54) is 18.2 Å². The number of carbonyl (C=O) groups excluding carboxylic acids is 2. The second-order valence-electron chi connectivity index (χ2n) is 8.53. The molecule has 2 unspecified atom stereocenters. The Morgan fingerprint density at radius 2 is 1.87 bits per heavy atom. The average molecular weight is 444 g/mol. The first-order valence-electron chi connectivity index (χ1n) is 10.8. The fraction of sp³-hybridized carbons (Fsp3) is 0.417. The average Bonchev–Trinajstić information content (AvgIpc) is 3.60. The van der Waals surface area contributed by atoms with Crippen LogP contribution in [0.4, 0.5) is 10.1 Å². The number of nitrogens with two attached hydrogens (primary N) is 1. The van der Waals surface area contributed by atoms with Crippen molar-refractivity contribution in [2.75, 3.05) is 5.32 Å². The Kier molecular flexibility index (Phi) is 6.58. The van der Waals surface area contributed by atoms with Gasteiger partial charge in [-0.05, 0) is 67.6 Å². The van der Waals surface area contributed by atoms with Gasteiger partial charge < -0.3 is 16.0 Å². The fourth-order valence-electron chi connectivity index (χ4n) is 4.24. The molecule has 3 N–H and O–H groups in total. The van der Waals surface area contributed by atoms with Gasteiger partial charge in [-0.1, -0.05) is 30.5 Å². The summed E-state index contributed by atoms with van der Waals surface area (Å²) in [6.07, 6.45) is 5.81. The van der Waals surface area contributed by atoms with E-state index in [9.17, 15) is 14.0 Å². The first-order chi connectivity index (χ1) is 14.9. The molecule has 2 aromatic rings. The van der Waals surface area contributed by atoms with Crippen LogP contribution in [-0.4, -0.2) is 28.8 Å². The zero-order valence-corrected chi connectivity index (χ0v) is 18.1. The second-order valence-corrected chi connectivity index (χ2v) is 8.93. The SMILES string of the molecule is NC1CCCCC1N(Cc1cc(NC(=O)c2cccc(F)c2)ccc1Cl)C(=O)C1CC1. The largest absolute Gasteiger partial charge is 0.334 e. The van der Waals surface area contributed by atoms with Crippen LogP contribution in [0.15, 0.2) is 42.5 Å². The molecule has 0 spiro atoms. The first-order valence-corrected chi connectivity index (χ1v) is 11.2. The van der Waals surface area contributed by atoms with Crippen molar-refractivity contribution in [1.82, 2.24) is 4.90 Å². The third-order valence-corrected chi connectivity index (χ3v) is 6.49. The molecule has 164 valence electrons. The second kappa shape index (κ2) is 9.37. The lowest BCUT2D eigenvalue weighted by atomic mass is 9.89. The molecule has 2 saturated carbocycles. The molecule has 2 aliphatic rings. The van der Waals surface area contributed by atoms with Crippen molar-refractivity contribution in [2.45, 2.75) is 57.2 Å². The molecule has 0 aromatic heterocycles. The van der Waals surface area contributed by atoms with E-state index in [1.807, 2.05) is 4.90 Å². The summed E-state index contributed by atoms with van der Waals surface area (Å²) >= 11 is 6.46. The zero-order chi connectivity index (χ0) is 22.0. The predicted molar refractivity (Wildman–Crippen MR) is 119 cm³/mol. The molecule has 0 bridgehead atoms. The van der Waals surface area contributed by atoms with Gasteiger partial charge in [0.05, 0.1) is 0 Å². The summed E-state index contributed by atoms with van der Waals surface area (Å²) in [4.78, 5) is 27.5. The number of nitrogens with one attached hydrogen (secondary N) is 1. The fourth-order valence-corrected chi connectivity index (χ4v) is 4.42. The molecular formula is C24H27ClFN3O2. The molecule has 2 atom stereocenters. The predicted octanol–water partition coefficient (Wildman–Crippen LogP) is 4.74. The van der Waals surface area contributed by atoms with E-state index >= 15 is 0 Å². The van der Waals surface area contributed by atoms with Gasteiger partial charge in [0.25, 0.3) is 5.91 Å². The highest BCUT2D eigenvalue weighted by molar-refractivity contribution is 6.31. The first kappa shape index (κ1) is 21.8. The van der Waals surface area contributed by atoms with Crippen LogP contribution < -0.4 is 11.1 Å². The summed E-state index contributed by atoms with van der Waals surface area (Å²) in [6.45, 7) is 0.357. The monoisotopic (exact) mass is 443 g/mol. The minimum Gasteiger partial charge on any atom is -0.334 e. The number of rotatable bonds is 6. The molecule has 5 nitrogen and oxygen atoms in total. The van der Waals surface area contributed by atoms with Crippen molar-refractivity contribution in [3.63, 3.8) is 0 Å². The van der Waals surface area contributed by atoms with Crippen molar-refractivity contribution < 1.29 is 14.0 Å². The summed E-state index contributed by atoms with van der Waals surface area (Å²) in [5.74, 6) is -0.646. The van der Waals surface area contributed by atoms with E-state index in [0.29, 0.717) is 17.3 Å². The maximum Gasteiger partial charge on any atom is 0.255 e. The molecule has 0 heterocycles. The summed E-state index contributed by atoms with van der Waals surface area (Å²) in [5.41, 5.74) is 7.92. The Morgan fingerprint density at radius 3 is 2.58 bits per heavy atom. The van der Waals surface area contributed by atoms with Crippen LogP contribution >= 0.6 is 11.6 Å². The van der Waals surface area contributed by atoms with Crippen LogP contribution in [0.2, 0.25) is 5.02 Å². The molecule has 2 aliphatic carbocycles. The molecule has 4 rings (SSSR count). The Bertz CT molecular complexity index is 979. The van der Waals surface area contributed by atoms with Gasteiger partial charge in [0.2, 0.25) is 5.91 Å². The minimum atomic E-state index is -0.470. The van der Waals surface area contributed by atoms with Crippen LogP contribution in [-0.2, 0) is 11.3 Å². The van der Waals surface area contributed by atoms with Gasteiger partial charge in [0, 0.05) is 40.8 Å². The highest BCUT2D eigenvalue weighted by Gasteiger charge is 2.39. The van der Waals surface area contributed by atoms with Crippen molar-refractivity contribution in [3.8, 4) is 0 Å². The summed E-state index contributed by atoms with van der Waals surface area (Å²) in [7, 11) is 0. The van der Waals surface area contributed by atoms with Crippen molar-refractivity contribution in [1.29, 1.82) is 0 Å². The number of hydrogen-bond acceptors (Lipinski definition) is 3. The molecule has 0 saturated heterocycles. The van der Waals surface area contributed by atoms with Gasteiger partial charge >= 0.3 is 0 Å². The number of halogens is 2. The number of anilines is 1. The lowest BCUT2D eigenvalue weighted by molar-refractivity contribution is -0.136. The molecule has 2 fully saturated rings. The third kappa shape index (κ3) is 5.25. The normalized spacial score (nSPS) is 20.9. The molecule has 7 heteroatoms. The van der Waals surface area contributed by atoms with Gasteiger partial charge in [-0.3, -0.25) is 9.59 Å². The van der Waals surface area contributed by atoms with E-state index in [2.05, 4.69) is 5.32 Å². The summed E-state index contributed by atoms with van der Waals surface area (Å²) in [6, 6.07) is 10.7. The van der Waals surface area contributed by atoms with Crippen LogP contribution in [0.3, 0.4) is 0 Å². The Balaban J connectivity index is 1.54. The highest BCUT2D eigenvalue weighted by atomic mass is 35.5. The van der Waals surface area contributed by atoms with Crippen LogP contribution in [0, 0.1) is 11.7 Å². The molecule has 2 amide bonds. The van der Waals surface area contributed by atoms with Crippen molar-refractivity contribution in [3.05, 3.63) is 64.4 Å². The van der Waals surface area contributed by atoms with Crippen molar-refractivity contribution in [2.24, 2.45) is 11.7 Å². The van der Waals surface area contributed by atoms with Crippen LogP contribution in [0.5, 0.6) is 0 Å². The van der Waals surface area contributed by atoms with E-state index in [4.69, 9.17) is 17.3 Å². The molecule has 2 aromatic carbocycles. The summed E-state index contributed by atoms with van der Waals surface area (Å²) < 4.78 is 13.4. The number of benzene rings is 2. The van der Waals surface area contributed by atoms with Crippen LogP contribution in [0.1, 0.15) is 54.4 Å². The zero-order valence-electron chi connectivity index (χ0n) is 17.3. The summed E-state index contributed by atoms with van der Waals surface area (Å²) in [5, 5.41) is 3.32. The number of nitrogens with zero attached hydrogens (tertiary/aromatic N) is 1. The van der Waals surface area contributed by atoms with Crippen molar-refractivity contribution >= 4 is 29.1 Å². The lowest BCUT2D eigenvalue weighted by Gasteiger charge is -2.39. The smallest absolute Gasteiger partial charge is 0.255 e. The Labute approximate surface area is 186 Å². The maximum absolute atomic E-state index is 13.4. The van der Waals surface area contributed by atoms with E-state index in [-0.39, 0.29) is 29.5 Å². The van der Waals surface area contributed by atoms with E-state index in [0.717, 1.165) is 44.1 Å². The van der Waals surface area contributed by atoms with E-state index in [1.54, 1.807) is 24.3 Å². The van der Waals surface area contributed by atoms with Crippen LogP contribution in [0.25, 0.3) is 0 Å². The molecule has 0 aliphatic heterocycles. The third-order valence-electron chi connectivity index (χ3n) is 6.12. The Hall–Kier alpha value is -2.44. The lowest BCUT2D eigenvalue weighted by Crippen LogP contribution is -2.52. The van der Waals surface area contributed by atoms with Gasteiger partial charge in [0.1, 0.15) is 5.82 Å². The number of carbonyl (C=O) groups is 2. The topological polar surface area (TPSA) is 75.4 Å². The van der Waals surface area contributed by atoms with Gasteiger partial charge in [-0.15, -0.1) is 0 Å².